The standard InChI is InChI=1S/C16H21N5O4/c1-17-16(23)18-8-11-10-20(6-7-25-11)15(22)12-9-19-21-5-3-4-13(24-2)14(12)21/h3-5,9,11H,6-8,10H2,1-2H3,(H2,17,18,23). The number of urea groups is 1. The van der Waals surface area contributed by atoms with Crippen molar-refractivity contribution in [2.24, 2.45) is 0 Å². The van der Waals surface area contributed by atoms with Gasteiger partial charge in [-0.2, -0.15) is 5.10 Å². The number of aromatic nitrogens is 2. The predicted octanol–water partition coefficient (Wildman–Crippen LogP) is 0.113. The summed E-state index contributed by atoms with van der Waals surface area (Å²) in [6.07, 6.45) is 3.07. The Hall–Kier alpha value is -2.81. The summed E-state index contributed by atoms with van der Waals surface area (Å²) in [5.74, 6) is 0.460. The third-order valence-corrected chi connectivity index (χ3v) is 4.10. The first-order valence-electron chi connectivity index (χ1n) is 8.01. The van der Waals surface area contributed by atoms with Gasteiger partial charge in [0.15, 0.2) is 0 Å². The fourth-order valence-corrected chi connectivity index (χ4v) is 2.83. The molecule has 2 aromatic rings. The van der Waals surface area contributed by atoms with Crippen molar-refractivity contribution in [1.29, 1.82) is 0 Å². The number of ether oxygens (including phenoxy) is 2. The molecule has 1 unspecified atom stereocenters. The fraction of sp³-hybridized carbons (Fsp3) is 0.438. The Balaban J connectivity index is 1.75. The number of carbonyl (C=O) groups is 2. The van der Waals surface area contributed by atoms with E-state index in [4.69, 9.17) is 9.47 Å². The van der Waals surface area contributed by atoms with Crippen LogP contribution in [-0.4, -0.2) is 73.0 Å². The van der Waals surface area contributed by atoms with Crippen LogP contribution >= 0.6 is 0 Å². The highest BCUT2D eigenvalue weighted by Crippen LogP contribution is 2.24. The molecule has 1 fully saturated rings. The van der Waals surface area contributed by atoms with Crippen LogP contribution in [0.15, 0.2) is 24.5 Å². The number of methoxy groups -OCH3 is 1. The van der Waals surface area contributed by atoms with Crippen LogP contribution in [0.4, 0.5) is 4.79 Å². The van der Waals surface area contributed by atoms with Gasteiger partial charge in [-0.15, -0.1) is 0 Å². The lowest BCUT2D eigenvalue weighted by atomic mass is 10.2. The van der Waals surface area contributed by atoms with Crippen molar-refractivity contribution >= 4 is 17.5 Å². The van der Waals surface area contributed by atoms with Crippen molar-refractivity contribution in [2.45, 2.75) is 6.10 Å². The zero-order valence-electron chi connectivity index (χ0n) is 14.2. The van der Waals surface area contributed by atoms with E-state index in [1.54, 1.807) is 42.0 Å². The number of rotatable bonds is 4. The number of nitrogens with zero attached hydrogens (tertiary/aromatic N) is 3. The first-order valence-corrected chi connectivity index (χ1v) is 8.01. The molecule has 2 N–H and O–H groups in total. The molecule has 2 aromatic heterocycles. The molecule has 0 saturated carbocycles. The summed E-state index contributed by atoms with van der Waals surface area (Å²) in [6, 6.07) is 3.32. The minimum absolute atomic E-state index is 0.132. The van der Waals surface area contributed by atoms with Crippen LogP contribution in [0.5, 0.6) is 5.75 Å². The van der Waals surface area contributed by atoms with Gasteiger partial charge in [0.05, 0.1) is 31.6 Å². The SMILES string of the molecule is CNC(=O)NCC1CN(C(=O)c2cnn3cccc(OC)c23)CCO1. The largest absolute Gasteiger partial charge is 0.494 e. The van der Waals surface area contributed by atoms with Crippen molar-refractivity contribution in [3.63, 3.8) is 0 Å². The molecular formula is C16H21N5O4. The van der Waals surface area contributed by atoms with Gasteiger partial charge in [0.1, 0.15) is 11.3 Å². The molecule has 0 radical (unpaired) electrons. The predicted molar refractivity (Wildman–Crippen MR) is 89.8 cm³/mol. The molecule has 1 saturated heterocycles. The Labute approximate surface area is 144 Å². The van der Waals surface area contributed by atoms with Gasteiger partial charge >= 0.3 is 6.03 Å². The summed E-state index contributed by atoms with van der Waals surface area (Å²) in [5, 5.41) is 9.40. The summed E-state index contributed by atoms with van der Waals surface area (Å²) in [6.45, 7) is 1.64. The van der Waals surface area contributed by atoms with Gasteiger partial charge in [0.25, 0.3) is 5.91 Å². The van der Waals surface area contributed by atoms with Crippen LogP contribution in [0.1, 0.15) is 10.4 Å². The number of fused-ring (bicyclic) bond motifs is 1. The van der Waals surface area contributed by atoms with E-state index in [1.165, 1.54) is 0 Å². The van der Waals surface area contributed by atoms with Crippen molar-refractivity contribution in [2.75, 3.05) is 40.4 Å². The average Bonchev–Trinajstić information content (AvgIpc) is 3.09. The van der Waals surface area contributed by atoms with E-state index in [-0.39, 0.29) is 18.0 Å². The topological polar surface area (TPSA) is 97.2 Å². The summed E-state index contributed by atoms with van der Waals surface area (Å²) < 4.78 is 12.6. The molecule has 3 amide bonds. The molecule has 1 aliphatic rings. The maximum atomic E-state index is 12.9. The Kier molecular flexibility index (Phi) is 5.03. The molecule has 3 heterocycles. The van der Waals surface area contributed by atoms with Crippen LogP contribution < -0.4 is 15.4 Å². The Morgan fingerprint density at radius 2 is 2.32 bits per heavy atom. The lowest BCUT2D eigenvalue weighted by Gasteiger charge is -2.32. The highest BCUT2D eigenvalue weighted by molar-refractivity contribution is 6.02. The number of hydrogen-bond acceptors (Lipinski definition) is 5. The zero-order chi connectivity index (χ0) is 17.8. The second-order valence-electron chi connectivity index (χ2n) is 5.63. The number of carbonyl (C=O) groups excluding carboxylic acids is 2. The Morgan fingerprint density at radius 1 is 1.48 bits per heavy atom. The van der Waals surface area contributed by atoms with Crippen LogP contribution in [0.25, 0.3) is 5.52 Å². The summed E-state index contributed by atoms with van der Waals surface area (Å²) >= 11 is 0. The number of morpholine rings is 1. The first kappa shape index (κ1) is 17.0. The number of nitrogens with one attached hydrogen (secondary N) is 2. The highest BCUT2D eigenvalue weighted by atomic mass is 16.5. The molecule has 0 bridgehead atoms. The number of amides is 3. The van der Waals surface area contributed by atoms with E-state index < -0.39 is 0 Å². The quantitative estimate of drug-likeness (QED) is 0.818. The van der Waals surface area contributed by atoms with Crippen molar-refractivity contribution in [1.82, 2.24) is 25.1 Å². The molecule has 0 aliphatic carbocycles. The van der Waals surface area contributed by atoms with Gasteiger partial charge in [0.2, 0.25) is 0 Å². The minimum atomic E-state index is -0.278. The molecule has 0 spiro atoms. The normalized spacial score (nSPS) is 17.4. The molecule has 0 aromatic carbocycles. The molecule has 1 atom stereocenters. The van der Waals surface area contributed by atoms with Crippen molar-refractivity contribution < 1.29 is 19.1 Å². The molecule has 25 heavy (non-hydrogen) atoms. The van der Waals surface area contributed by atoms with E-state index in [2.05, 4.69) is 15.7 Å². The molecule has 3 rings (SSSR count). The lowest BCUT2D eigenvalue weighted by Crippen LogP contribution is -2.50. The lowest BCUT2D eigenvalue weighted by molar-refractivity contribution is -0.0191. The zero-order valence-corrected chi connectivity index (χ0v) is 14.2. The van der Waals surface area contributed by atoms with Crippen LogP contribution in [-0.2, 0) is 4.74 Å². The average molecular weight is 347 g/mol. The maximum Gasteiger partial charge on any atom is 0.314 e. The Bertz CT molecular complexity index is 775. The maximum absolute atomic E-state index is 12.9. The van der Waals surface area contributed by atoms with E-state index in [1.807, 2.05) is 6.07 Å². The van der Waals surface area contributed by atoms with Gasteiger partial charge in [-0.05, 0) is 12.1 Å². The van der Waals surface area contributed by atoms with Gasteiger partial charge < -0.3 is 25.0 Å². The molecule has 9 heteroatoms. The van der Waals surface area contributed by atoms with Crippen LogP contribution in [0.3, 0.4) is 0 Å². The summed E-state index contributed by atoms with van der Waals surface area (Å²) in [7, 11) is 3.11. The molecule has 134 valence electrons. The van der Waals surface area contributed by atoms with Crippen molar-refractivity contribution in [3.05, 3.63) is 30.1 Å². The highest BCUT2D eigenvalue weighted by Gasteiger charge is 2.28. The third kappa shape index (κ3) is 3.50. The van der Waals surface area contributed by atoms with Gasteiger partial charge in [0, 0.05) is 32.9 Å². The minimum Gasteiger partial charge on any atom is -0.494 e. The molecule has 9 nitrogen and oxygen atoms in total. The smallest absolute Gasteiger partial charge is 0.314 e. The second-order valence-corrected chi connectivity index (χ2v) is 5.63. The van der Waals surface area contributed by atoms with E-state index in [0.717, 1.165) is 0 Å². The molecule has 1 aliphatic heterocycles. The van der Waals surface area contributed by atoms with Gasteiger partial charge in [-0.3, -0.25) is 4.79 Å². The fourth-order valence-electron chi connectivity index (χ4n) is 2.83. The van der Waals surface area contributed by atoms with Gasteiger partial charge in [-0.1, -0.05) is 0 Å². The summed E-state index contributed by atoms with van der Waals surface area (Å²) in [4.78, 5) is 25.9. The second kappa shape index (κ2) is 7.39. The third-order valence-electron chi connectivity index (χ3n) is 4.10. The van der Waals surface area contributed by atoms with E-state index in [9.17, 15) is 9.59 Å². The van der Waals surface area contributed by atoms with E-state index >= 15 is 0 Å². The number of hydrogen-bond donors (Lipinski definition) is 2. The van der Waals surface area contributed by atoms with E-state index in [0.29, 0.717) is 43.1 Å². The number of pyridine rings is 1. The first-order chi connectivity index (χ1) is 12.1. The van der Waals surface area contributed by atoms with Crippen LogP contribution in [0, 0.1) is 0 Å². The van der Waals surface area contributed by atoms with Crippen LogP contribution in [0.2, 0.25) is 0 Å². The van der Waals surface area contributed by atoms with Gasteiger partial charge in [-0.25, -0.2) is 9.31 Å². The summed E-state index contributed by atoms with van der Waals surface area (Å²) in [5.41, 5.74) is 1.12. The Morgan fingerprint density at radius 3 is 3.08 bits per heavy atom. The molecular weight excluding hydrogens is 326 g/mol. The van der Waals surface area contributed by atoms with Crippen molar-refractivity contribution in [3.8, 4) is 5.75 Å². The monoisotopic (exact) mass is 347 g/mol.